The maximum Gasteiger partial charge on any atom is 0.410 e. The van der Waals surface area contributed by atoms with Crippen molar-refractivity contribution in [3.8, 4) is 0 Å². The van der Waals surface area contributed by atoms with Crippen molar-refractivity contribution in [2.45, 2.75) is 39.3 Å². The molecule has 8 heteroatoms. The first-order chi connectivity index (χ1) is 9.74. The molecule has 21 heavy (non-hydrogen) atoms. The van der Waals surface area contributed by atoms with Gasteiger partial charge in [-0.05, 0) is 33.1 Å². The van der Waals surface area contributed by atoms with Gasteiger partial charge in [0.05, 0.1) is 4.92 Å². The molecule has 0 spiro atoms. The van der Waals surface area contributed by atoms with Crippen LogP contribution in [0.2, 0.25) is 0 Å². The fourth-order valence-corrected chi connectivity index (χ4v) is 2.29. The van der Waals surface area contributed by atoms with Gasteiger partial charge in [-0.3, -0.25) is 14.8 Å². The van der Waals surface area contributed by atoms with Gasteiger partial charge in [-0.25, -0.2) is 4.79 Å². The Labute approximate surface area is 122 Å². The predicted octanol–water partition coefficient (Wildman–Crippen LogP) is 2.05. The zero-order valence-corrected chi connectivity index (χ0v) is 12.5. The van der Waals surface area contributed by atoms with E-state index in [4.69, 9.17) is 4.74 Å². The van der Waals surface area contributed by atoms with E-state index >= 15 is 0 Å². The van der Waals surface area contributed by atoms with E-state index in [9.17, 15) is 14.9 Å². The van der Waals surface area contributed by atoms with E-state index in [0.717, 1.165) is 6.42 Å². The standard InChI is InChI=1S/C13H20N4O4/c1-13(2,3)21-12(18)15-5-4-10(7-15)8-16-9-11(6-14-16)17(19)20/h6,9-10H,4-5,7-8H2,1-3H3. The Balaban J connectivity index is 1.87. The minimum atomic E-state index is -0.502. The van der Waals surface area contributed by atoms with E-state index in [1.54, 1.807) is 9.58 Å². The molecule has 1 aliphatic rings. The second kappa shape index (κ2) is 5.71. The third kappa shape index (κ3) is 4.17. The van der Waals surface area contributed by atoms with Crippen LogP contribution in [0.15, 0.2) is 12.4 Å². The lowest BCUT2D eigenvalue weighted by molar-refractivity contribution is -0.385. The van der Waals surface area contributed by atoms with Crippen molar-refractivity contribution in [3.05, 3.63) is 22.5 Å². The summed E-state index contributed by atoms with van der Waals surface area (Å²) in [6, 6.07) is 0. The molecule has 0 aromatic carbocycles. The first kappa shape index (κ1) is 15.3. The van der Waals surface area contributed by atoms with Gasteiger partial charge < -0.3 is 9.64 Å². The van der Waals surface area contributed by atoms with Crippen LogP contribution in [0, 0.1) is 16.0 Å². The molecule has 0 radical (unpaired) electrons. The molecule has 0 N–H and O–H groups in total. The second-order valence-corrected chi connectivity index (χ2v) is 6.26. The van der Waals surface area contributed by atoms with Crippen molar-refractivity contribution < 1.29 is 14.5 Å². The molecule has 1 aromatic rings. The van der Waals surface area contributed by atoms with Gasteiger partial charge in [0, 0.05) is 19.6 Å². The number of rotatable bonds is 3. The Hall–Kier alpha value is -2.12. The summed E-state index contributed by atoms with van der Waals surface area (Å²) in [4.78, 5) is 23.8. The van der Waals surface area contributed by atoms with Crippen LogP contribution in [-0.2, 0) is 11.3 Å². The minimum Gasteiger partial charge on any atom is -0.444 e. The van der Waals surface area contributed by atoms with E-state index in [2.05, 4.69) is 5.10 Å². The molecule has 1 aliphatic heterocycles. The maximum atomic E-state index is 11.9. The third-order valence-corrected chi connectivity index (χ3v) is 3.21. The van der Waals surface area contributed by atoms with Crippen molar-refractivity contribution in [1.29, 1.82) is 0 Å². The van der Waals surface area contributed by atoms with E-state index in [1.165, 1.54) is 12.4 Å². The third-order valence-electron chi connectivity index (χ3n) is 3.21. The molecule has 1 aromatic heterocycles. The maximum absolute atomic E-state index is 11.9. The highest BCUT2D eigenvalue weighted by molar-refractivity contribution is 5.68. The van der Waals surface area contributed by atoms with E-state index in [-0.39, 0.29) is 17.7 Å². The Kier molecular flexibility index (Phi) is 4.15. The van der Waals surface area contributed by atoms with Gasteiger partial charge in [0.1, 0.15) is 18.0 Å². The number of nitrogens with zero attached hydrogens (tertiary/aromatic N) is 4. The molecule has 1 atom stereocenters. The number of carbonyl (C=O) groups excluding carboxylic acids is 1. The normalized spacial score (nSPS) is 18.8. The molecule has 8 nitrogen and oxygen atoms in total. The Morgan fingerprint density at radius 2 is 2.29 bits per heavy atom. The summed E-state index contributed by atoms with van der Waals surface area (Å²) in [6.07, 6.45) is 3.18. The van der Waals surface area contributed by atoms with Crippen LogP contribution in [0.5, 0.6) is 0 Å². The number of carbonyl (C=O) groups is 1. The minimum absolute atomic E-state index is 0.0167. The zero-order chi connectivity index (χ0) is 15.6. The van der Waals surface area contributed by atoms with Crippen molar-refractivity contribution in [2.24, 2.45) is 5.92 Å². The first-order valence-corrected chi connectivity index (χ1v) is 6.89. The second-order valence-electron chi connectivity index (χ2n) is 6.26. The van der Waals surface area contributed by atoms with Crippen molar-refractivity contribution >= 4 is 11.8 Å². The molecule has 1 amide bonds. The van der Waals surface area contributed by atoms with E-state index < -0.39 is 10.5 Å². The molecule has 2 heterocycles. The molecule has 1 fully saturated rings. The predicted molar refractivity (Wildman–Crippen MR) is 74.8 cm³/mol. The Morgan fingerprint density at radius 3 is 2.86 bits per heavy atom. The van der Waals surface area contributed by atoms with Gasteiger partial charge in [0.2, 0.25) is 0 Å². The summed E-state index contributed by atoms with van der Waals surface area (Å²) >= 11 is 0. The molecule has 2 rings (SSSR count). The fraction of sp³-hybridized carbons (Fsp3) is 0.692. The number of likely N-dealkylation sites (tertiary alicyclic amines) is 1. The van der Waals surface area contributed by atoms with Gasteiger partial charge >= 0.3 is 11.8 Å². The number of nitro groups is 1. The molecular formula is C13H20N4O4. The lowest BCUT2D eigenvalue weighted by Gasteiger charge is -2.24. The molecular weight excluding hydrogens is 276 g/mol. The number of ether oxygens (including phenoxy) is 1. The highest BCUT2D eigenvalue weighted by atomic mass is 16.6. The van der Waals surface area contributed by atoms with Crippen LogP contribution in [0.3, 0.4) is 0 Å². The molecule has 0 aliphatic carbocycles. The number of aromatic nitrogens is 2. The van der Waals surface area contributed by atoms with E-state index in [1.807, 2.05) is 20.8 Å². The van der Waals surface area contributed by atoms with Crippen molar-refractivity contribution in [2.75, 3.05) is 13.1 Å². The molecule has 1 unspecified atom stereocenters. The van der Waals surface area contributed by atoms with Gasteiger partial charge in [0.25, 0.3) is 0 Å². The highest BCUT2D eigenvalue weighted by Crippen LogP contribution is 2.21. The summed E-state index contributed by atoms with van der Waals surface area (Å²) in [5.74, 6) is 0.233. The SMILES string of the molecule is CC(C)(C)OC(=O)N1CCC(Cn2cc([N+](=O)[O-])cn2)C1. The average Bonchev–Trinajstić information content (AvgIpc) is 2.96. The van der Waals surface area contributed by atoms with Crippen LogP contribution in [0.4, 0.5) is 10.5 Å². The quantitative estimate of drug-likeness (QED) is 0.629. The first-order valence-electron chi connectivity index (χ1n) is 6.89. The van der Waals surface area contributed by atoms with Crippen LogP contribution in [0.25, 0.3) is 0 Å². The van der Waals surface area contributed by atoms with Gasteiger partial charge in [-0.15, -0.1) is 0 Å². The molecule has 0 bridgehead atoms. The number of amides is 1. The summed E-state index contributed by atoms with van der Waals surface area (Å²) < 4.78 is 6.89. The van der Waals surface area contributed by atoms with Crippen molar-refractivity contribution in [3.63, 3.8) is 0 Å². The Bertz CT molecular complexity index is 535. The summed E-state index contributed by atoms with van der Waals surface area (Å²) in [6.45, 7) is 7.29. The summed E-state index contributed by atoms with van der Waals surface area (Å²) in [5.41, 5.74) is -0.519. The monoisotopic (exact) mass is 296 g/mol. The molecule has 0 saturated carbocycles. The van der Waals surface area contributed by atoms with Gasteiger partial charge in [-0.2, -0.15) is 5.10 Å². The van der Waals surface area contributed by atoms with Crippen LogP contribution in [0.1, 0.15) is 27.2 Å². The lowest BCUT2D eigenvalue weighted by Crippen LogP contribution is -2.35. The fourth-order valence-electron chi connectivity index (χ4n) is 2.29. The van der Waals surface area contributed by atoms with Crippen molar-refractivity contribution in [1.82, 2.24) is 14.7 Å². The highest BCUT2D eigenvalue weighted by Gasteiger charge is 2.30. The Morgan fingerprint density at radius 1 is 1.57 bits per heavy atom. The number of hydrogen-bond acceptors (Lipinski definition) is 5. The summed E-state index contributed by atoms with van der Waals surface area (Å²) in [7, 11) is 0. The number of hydrogen-bond donors (Lipinski definition) is 0. The largest absolute Gasteiger partial charge is 0.444 e. The smallest absolute Gasteiger partial charge is 0.410 e. The average molecular weight is 296 g/mol. The van der Waals surface area contributed by atoms with Crippen LogP contribution < -0.4 is 0 Å². The summed E-state index contributed by atoms with van der Waals surface area (Å²) in [5, 5.41) is 14.6. The van der Waals surface area contributed by atoms with Gasteiger partial charge in [0.15, 0.2) is 0 Å². The van der Waals surface area contributed by atoms with Crippen LogP contribution in [-0.4, -0.2) is 44.4 Å². The van der Waals surface area contributed by atoms with E-state index in [0.29, 0.717) is 19.6 Å². The van der Waals surface area contributed by atoms with Crippen LogP contribution >= 0.6 is 0 Å². The van der Waals surface area contributed by atoms with Gasteiger partial charge in [-0.1, -0.05) is 0 Å². The lowest BCUT2D eigenvalue weighted by atomic mass is 10.1. The molecule has 1 saturated heterocycles. The molecule has 116 valence electrons. The topological polar surface area (TPSA) is 90.5 Å². The zero-order valence-electron chi connectivity index (χ0n) is 12.5.